The molecule has 1 aliphatic heterocycles. The number of thiocarbonyl (C=S) groups is 1. The Morgan fingerprint density at radius 3 is 2.44 bits per heavy atom. The van der Waals surface area contributed by atoms with Gasteiger partial charge < -0.3 is 15.0 Å². The molecule has 0 radical (unpaired) electrons. The molecule has 6 nitrogen and oxygen atoms in total. The fourth-order valence-electron chi connectivity index (χ4n) is 3.58. The number of hydrogen-bond donors (Lipinski definition) is 1. The van der Waals surface area contributed by atoms with Crippen LogP contribution in [-0.2, 0) is 16.0 Å². The molecule has 0 saturated carbocycles. The monoisotopic (exact) mass is 457 g/mol. The molecule has 0 unspecified atom stereocenters. The summed E-state index contributed by atoms with van der Waals surface area (Å²) in [5.74, 6) is 0.0113. The molecule has 2 amide bonds. The lowest BCUT2D eigenvalue weighted by Crippen LogP contribution is -2.39. The van der Waals surface area contributed by atoms with Crippen LogP contribution in [0.4, 0.5) is 10.1 Å². The van der Waals surface area contributed by atoms with Gasteiger partial charge in [-0.1, -0.05) is 19.1 Å². The van der Waals surface area contributed by atoms with Gasteiger partial charge in [0, 0.05) is 18.8 Å². The third-order valence-electron chi connectivity index (χ3n) is 5.26. The first-order chi connectivity index (χ1) is 15.4. The Balaban J connectivity index is 1.64. The lowest BCUT2D eigenvalue weighted by Gasteiger charge is -2.23. The number of nitrogens with zero attached hydrogens (tertiary/aromatic N) is 2. The Bertz CT molecular complexity index is 950. The van der Waals surface area contributed by atoms with Gasteiger partial charge in [0.1, 0.15) is 17.6 Å². The average molecular weight is 458 g/mol. The van der Waals surface area contributed by atoms with E-state index < -0.39 is 6.04 Å². The van der Waals surface area contributed by atoms with E-state index in [9.17, 15) is 14.0 Å². The van der Waals surface area contributed by atoms with E-state index in [1.54, 1.807) is 41.3 Å². The van der Waals surface area contributed by atoms with Crippen molar-refractivity contribution >= 4 is 34.8 Å². The molecule has 1 heterocycles. The number of ether oxygens (including phenoxy) is 1. The number of carbonyl (C=O) groups is 2. The quantitative estimate of drug-likeness (QED) is 0.547. The van der Waals surface area contributed by atoms with Crippen LogP contribution >= 0.6 is 12.2 Å². The van der Waals surface area contributed by atoms with Gasteiger partial charge in [0.15, 0.2) is 5.11 Å². The topological polar surface area (TPSA) is 61.9 Å². The third kappa shape index (κ3) is 5.82. The Morgan fingerprint density at radius 2 is 1.81 bits per heavy atom. The maximum Gasteiger partial charge on any atom is 0.252 e. The van der Waals surface area contributed by atoms with Gasteiger partial charge in [-0.15, -0.1) is 0 Å². The van der Waals surface area contributed by atoms with Gasteiger partial charge in [0.2, 0.25) is 5.91 Å². The van der Waals surface area contributed by atoms with Crippen LogP contribution in [0.2, 0.25) is 0 Å². The van der Waals surface area contributed by atoms with Crippen LogP contribution in [0.25, 0.3) is 0 Å². The third-order valence-corrected chi connectivity index (χ3v) is 5.72. The molecule has 0 spiro atoms. The number of nitrogens with one attached hydrogen (secondary N) is 1. The molecular formula is C24H28FN3O3S. The zero-order valence-electron chi connectivity index (χ0n) is 18.3. The summed E-state index contributed by atoms with van der Waals surface area (Å²) in [6.45, 7) is 5.44. The summed E-state index contributed by atoms with van der Waals surface area (Å²) in [6, 6.07) is 12.7. The van der Waals surface area contributed by atoms with Crippen LogP contribution in [0.3, 0.4) is 0 Å². The minimum Gasteiger partial charge on any atom is -0.494 e. The van der Waals surface area contributed by atoms with Crippen molar-refractivity contribution in [3.63, 3.8) is 0 Å². The largest absolute Gasteiger partial charge is 0.494 e. The van der Waals surface area contributed by atoms with E-state index >= 15 is 0 Å². The number of benzene rings is 2. The number of anilines is 1. The standard InChI is InChI=1S/C24H28FN3O3S/c1-3-15-31-20-11-9-19(10-12-20)26-22(29)16-21-23(30)27(4-2)24(32)28(21)14-13-17-5-7-18(25)8-6-17/h5-12,21H,3-4,13-16H2,1-2H3,(H,26,29)/t21-/m1/s1. The van der Waals surface area contributed by atoms with Crippen molar-refractivity contribution < 1.29 is 18.7 Å². The number of likely N-dealkylation sites (N-methyl/N-ethyl adjacent to an activating group) is 1. The maximum atomic E-state index is 13.2. The number of halogens is 1. The molecule has 170 valence electrons. The van der Waals surface area contributed by atoms with Crippen LogP contribution in [0.5, 0.6) is 5.75 Å². The van der Waals surface area contributed by atoms with E-state index in [4.69, 9.17) is 17.0 Å². The number of hydrogen-bond acceptors (Lipinski definition) is 4. The van der Waals surface area contributed by atoms with Gasteiger partial charge in [-0.25, -0.2) is 4.39 Å². The highest BCUT2D eigenvalue weighted by Gasteiger charge is 2.42. The fraction of sp³-hybridized carbons (Fsp3) is 0.375. The second-order valence-electron chi connectivity index (χ2n) is 7.58. The predicted octanol–water partition coefficient (Wildman–Crippen LogP) is 4.00. The second-order valence-corrected chi connectivity index (χ2v) is 7.94. The molecule has 0 aliphatic carbocycles. The minimum atomic E-state index is -0.657. The highest BCUT2D eigenvalue weighted by Crippen LogP contribution is 2.23. The van der Waals surface area contributed by atoms with Gasteiger partial charge >= 0.3 is 0 Å². The molecule has 1 fully saturated rings. The second kappa shape index (κ2) is 11.0. The molecule has 0 bridgehead atoms. The van der Waals surface area contributed by atoms with E-state index in [0.29, 0.717) is 36.9 Å². The molecule has 2 aromatic carbocycles. The van der Waals surface area contributed by atoms with Crippen molar-refractivity contribution in [1.82, 2.24) is 9.80 Å². The smallest absolute Gasteiger partial charge is 0.252 e. The average Bonchev–Trinajstić information content (AvgIpc) is 3.01. The van der Waals surface area contributed by atoms with Crippen LogP contribution in [-0.4, -0.2) is 52.5 Å². The SMILES string of the molecule is CCCOc1ccc(NC(=O)C[C@@H]2C(=O)N(CC)C(=S)N2CCc2ccc(F)cc2)cc1. The van der Waals surface area contributed by atoms with E-state index in [2.05, 4.69) is 5.32 Å². The predicted molar refractivity (Wildman–Crippen MR) is 126 cm³/mol. The van der Waals surface area contributed by atoms with Crippen LogP contribution in [0.15, 0.2) is 48.5 Å². The first-order valence-electron chi connectivity index (χ1n) is 10.8. The normalized spacial score (nSPS) is 15.9. The molecule has 3 rings (SSSR count). The summed E-state index contributed by atoms with van der Waals surface area (Å²) >= 11 is 5.51. The molecule has 1 atom stereocenters. The molecule has 2 aromatic rings. The molecule has 0 aromatic heterocycles. The first kappa shape index (κ1) is 23.7. The van der Waals surface area contributed by atoms with Gasteiger partial charge in [-0.2, -0.15) is 0 Å². The number of carbonyl (C=O) groups excluding carboxylic acids is 2. The van der Waals surface area contributed by atoms with Crippen LogP contribution in [0, 0.1) is 5.82 Å². The van der Waals surface area contributed by atoms with Gasteiger partial charge in [0.05, 0.1) is 13.0 Å². The Morgan fingerprint density at radius 1 is 1.12 bits per heavy atom. The van der Waals surface area contributed by atoms with Gasteiger partial charge in [0.25, 0.3) is 5.91 Å². The Labute approximate surface area is 193 Å². The fourth-order valence-corrected chi connectivity index (χ4v) is 4.02. The van der Waals surface area contributed by atoms with Crippen molar-refractivity contribution in [3.8, 4) is 5.75 Å². The molecule has 8 heteroatoms. The van der Waals surface area contributed by atoms with E-state index in [1.165, 1.54) is 17.0 Å². The van der Waals surface area contributed by atoms with Crippen molar-refractivity contribution in [1.29, 1.82) is 0 Å². The van der Waals surface area contributed by atoms with E-state index in [0.717, 1.165) is 17.7 Å². The summed E-state index contributed by atoms with van der Waals surface area (Å²) in [5.41, 5.74) is 1.57. The highest BCUT2D eigenvalue weighted by molar-refractivity contribution is 7.80. The summed E-state index contributed by atoms with van der Waals surface area (Å²) in [4.78, 5) is 28.9. The zero-order valence-corrected chi connectivity index (χ0v) is 19.2. The van der Waals surface area contributed by atoms with Crippen molar-refractivity contribution in [2.75, 3.05) is 25.0 Å². The first-order valence-corrected chi connectivity index (χ1v) is 11.2. The van der Waals surface area contributed by atoms with Crippen molar-refractivity contribution in [2.24, 2.45) is 0 Å². The van der Waals surface area contributed by atoms with Crippen LogP contribution in [0.1, 0.15) is 32.3 Å². The lowest BCUT2D eigenvalue weighted by atomic mass is 10.1. The maximum absolute atomic E-state index is 13.2. The highest BCUT2D eigenvalue weighted by atomic mass is 32.1. The number of rotatable bonds is 10. The minimum absolute atomic E-state index is 0.00697. The van der Waals surface area contributed by atoms with E-state index in [1.807, 2.05) is 13.8 Å². The summed E-state index contributed by atoms with van der Waals surface area (Å²) in [7, 11) is 0. The molecule has 1 aliphatic rings. The molecule has 1 N–H and O–H groups in total. The molecular weight excluding hydrogens is 429 g/mol. The lowest BCUT2D eigenvalue weighted by molar-refractivity contribution is -0.130. The summed E-state index contributed by atoms with van der Waals surface area (Å²) in [6.07, 6.45) is 1.50. The van der Waals surface area contributed by atoms with Crippen molar-refractivity contribution in [2.45, 2.75) is 39.2 Å². The van der Waals surface area contributed by atoms with E-state index in [-0.39, 0.29) is 24.1 Å². The molecule has 32 heavy (non-hydrogen) atoms. The summed E-state index contributed by atoms with van der Waals surface area (Å²) in [5, 5.41) is 3.27. The number of amides is 2. The molecule has 1 saturated heterocycles. The Kier molecular flexibility index (Phi) is 8.16. The zero-order chi connectivity index (χ0) is 23.1. The van der Waals surface area contributed by atoms with Crippen molar-refractivity contribution in [3.05, 3.63) is 59.9 Å². The van der Waals surface area contributed by atoms with Gasteiger partial charge in [-0.05, 0) is 73.9 Å². The Hall–Kier alpha value is -3.00. The van der Waals surface area contributed by atoms with Gasteiger partial charge in [-0.3, -0.25) is 14.5 Å². The van der Waals surface area contributed by atoms with Crippen LogP contribution < -0.4 is 10.1 Å². The summed E-state index contributed by atoms with van der Waals surface area (Å²) < 4.78 is 18.7.